The highest BCUT2D eigenvalue weighted by Gasteiger charge is 2.11. The summed E-state index contributed by atoms with van der Waals surface area (Å²) in [5.41, 5.74) is 3.17. The van der Waals surface area contributed by atoms with E-state index >= 15 is 0 Å². The smallest absolute Gasteiger partial charge is 0.224 e. The maximum atomic E-state index is 12.2. The number of carbonyl (C=O) groups is 1. The van der Waals surface area contributed by atoms with Crippen LogP contribution in [-0.2, 0) is 24.2 Å². The second kappa shape index (κ2) is 14.1. The molecular weight excluding hydrogens is 478 g/mol. The molecule has 200 valence electrons. The van der Waals surface area contributed by atoms with Crippen LogP contribution in [0.3, 0.4) is 0 Å². The third kappa shape index (κ3) is 7.51. The minimum absolute atomic E-state index is 0.0484. The van der Waals surface area contributed by atoms with Crippen molar-refractivity contribution in [1.82, 2.24) is 14.9 Å². The molecule has 0 bridgehead atoms. The van der Waals surface area contributed by atoms with Gasteiger partial charge in [0.05, 0.1) is 38.3 Å². The van der Waals surface area contributed by atoms with Crippen LogP contribution in [0.4, 0.5) is 0 Å². The molecule has 1 heterocycles. The van der Waals surface area contributed by atoms with Crippen molar-refractivity contribution in [2.75, 3.05) is 27.4 Å². The Kier molecular flexibility index (Phi) is 10.0. The van der Waals surface area contributed by atoms with Gasteiger partial charge in [-0.15, -0.1) is 0 Å². The Morgan fingerprint density at radius 2 is 1.61 bits per heavy atom. The van der Waals surface area contributed by atoms with Gasteiger partial charge in [0.1, 0.15) is 11.6 Å². The zero-order valence-electron chi connectivity index (χ0n) is 22.3. The molecule has 0 saturated heterocycles. The van der Waals surface area contributed by atoms with Crippen molar-refractivity contribution in [3.05, 3.63) is 84.2 Å². The van der Waals surface area contributed by atoms with E-state index in [1.165, 1.54) is 0 Å². The molecule has 1 aromatic heterocycles. The van der Waals surface area contributed by atoms with Gasteiger partial charge >= 0.3 is 0 Å². The van der Waals surface area contributed by atoms with E-state index in [9.17, 15) is 4.79 Å². The first-order valence-electron chi connectivity index (χ1n) is 13.3. The van der Waals surface area contributed by atoms with E-state index in [0.717, 1.165) is 78.3 Å². The number of imidazole rings is 1. The summed E-state index contributed by atoms with van der Waals surface area (Å²) in [5, 5.41) is 3.03. The highest BCUT2D eigenvalue weighted by molar-refractivity contribution is 5.78. The molecule has 0 saturated carbocycles. The number of aromatic nitrogens is 2. The van der Waals surface area contributed by atoms with Gasteiger partial charge < -0.3 is 24.1 Å². The van der Waals surface area contributed by atoms with Gasteiger partial charge in [0.25, 0.3) is 0 Å². The van der Waals surface area contributed by atoms with E-state index in [2.05, 4.69) is 28.1 Å². The molecule has 0 radical (unpaired) electrons. The van der Waals surface area contributed by atoms with Crippen LogP contribution in [-0.4, -0.2) is 42.8 Å². The van der Waals surface area contributed by atoms with Crippen molar-refractivity contribution in [2.24, 2.45) is 0 Å². The van der Waals surface area contributed by atoms with Gasteiger partial charge in [-0.25, -0.2) is 4.98 Å². The second-order valence-corrected chi connectivity index (χ2v) is 9.21. The molecular formula is C31H37N3O4. The van der Waals surface area contributed by atoms with Crippen LogP contribution in [0.5, 0.6) is 17.2 Å². The largest absolute Gasteiger partial charge is 0.497 e. The van der Waals surface area contributed by atoms with E-state index in [1.807, 2.05) is 54.6 Å². The number of nitrogens with zero attached hydrogens (tertiary/aromatic N) is 2. The molecule has 1 N–H and O–H groups in total. The number of nitrogens with one attached hydrogen (secondary N) is 1. The van der Waals surface area contributed by atoms with Gasteiger partial charge in [0, 0.05) is 19.5 Å². The molecule has 0 aliphatic rings. The summed E-state index contributed by atoms with van der Waals surface area (Å²) in [4.78, 5) is 17.1. The first kappa shape index (κ1) is 27.0. The van der Waals surface area contributed by atoms with E-state index in [4.69, 9.17) is 19.2 Å². The number of benzene rings is 3. The number of para-hydroxylation sites is 4. The standard InChI is InChI=1S/C31H37N3O4/c1-36-25-18-16-24(17-19-25)23-31(35)32-20-9-3-4-15-30-33-26-11-5-6-12-27(26)34(30)21-10-22-38-29-14-8-7-13-28(29)37-2/h5-8,11-14,16-19H,3-4,9-10,15,20-23H2,1-2H3,(H,32,35). The summed E-state index contributed by atoms with van der Waals surface area (Å²) < 4.78 is 18.8. The molecule has 0 unspecified atom stereocenters. The molecule has 4 aromatic rings. The molecule has 0 fully saturated rings. The van der Waals surface area contributed by atoms with Crippen LogP contribution in [0.25, 0.3) is 11.0 Å². The number of aryl methyl sites for hydroxylation is 2. The van der Waals surface area contributed by atoms with Crippen LogP contribution < -0.4 is 19.5 Å². The second-order valence-electron chi connectivity index (χ2n) is 9.21. The predicted octanol–water partition coefficient (Wildman–Crippen LogP) is 5.59. The van der Waals surface area contributed by atoms with Crippen molar-refractivity contribution in [2.45, 2.75) is 45.1 Å². The summed E-state index contributed by atoms with van der Waals surface area (Å²) in [6.07, 6.45) is 5.15. The lowest BCUT2D eigenvalue weighted by molar-refractivity contribution is -0.120. The van der Waals surface area contributed by atoms with E-state index in [1.54, 1.807) is 14.2 Å². The normalized spacial score (nSPS) is 10.9. The maximum Gasteiger partial charge on any atom is 0.224 e. The Labute approximate surface area is 224 Å². The average Bonchev–Trinajstić information content (AvgIpc) is 3.30. The number of fused-ring (bicyclic) bond motifs is 1. The Morgan fingerprint density at radius 3 is 2.39 bits per heavy atom. The summed E-state index contributed by atoms with van der Waals surface area (Å²) in [7, 11) is 3.29. The number of hydrogen-bond donors (Lipinski definition) is 1. The Hall–Kier alpha value is -4.00. The third-order valence-corrected chi connectivity index (χ3v) is 6.51. The average molecular weight is 516 g/mol. The molecule has 0 aliphatic carbocycles. The zero-order valence-corrected chi connectivity index (χ0v) is 22.3. The van der Waals surface area contributed by atoms with Crippen molar-refractivity contribution in [3.8, 4) is 17.2 Å². The quantitative estimate of drug-likeness (QED) is 0.209. The number of hydrogen-bond acceptors (Lipinski definition) is 5. The molecule has 3 aromatic carbocycles. The van der Waals surface area contributed by atoms with Crippen LogP contribution in [0.1, 0.15) is 37.1 Å². The Bertz CT molecular complexity index is 1300. The summed E-state index contributed by atoms with van der Waals surface area (Å²) in [5.74, 6) is 3.46. The lowest BCUT2D eigenvalue weighted by atomic mass is 10.1. The number of carbonyl (C=O) groups excluding carboxylic acids is 1. The fourth-order valence-corrected chi connectivity index (χ4v) is 4.51. The fraction of sp³-hybridized carbons (Fsp3) is 0.355. The first-order chi connectivity index (χ1) is 18.7. The van der Waals surface area contributed by atoms with Crippen molar-refractivity contribution in [3.63, 3.8) is 0 Å². The molecule has 4 rings (SSSR count). The summed E-state index contributed by atoms with van der Waals surface area (Å²) >= 11 is 0. The van der Waals surface area contributed by atoms with E-state index in [0.29, 0.717) is 19.6 Å². The van der Waals surface area contributed by atoms with Gasteiger partial charge in [-0.1, -0.05) is 42.8 Å². The molecule has 1 amide bonds. The maximum absolute atomic E-state index is 12.2. The highest BCUT2D eigenvalue weighted by atomic mass is 16.5. The zero-order chi connectivity index (χ0) is 26.6. The van der Waals surface area contributed by atoms with Gasteiger partial charge in [-0.3, -0.25) is 4.79 Å². The number of unbranched alkanes of at least 4 members (excludes halogenated alkanes) is 2. The first-order valence-corrected chi connectivity index (χ1v) is 13.3. The number of ether oxygens (including phenoxy) is 3. The van der Waals surface area contributed by atoms with E-state index < -0.39 is 0 Å². The monoisotopic (exact) mass is 515 g/mol. The van der Waals surface area contributed by atoms with Crippen LogP contribution in [0, 0.1) is 0 Å². The number of amides is 1. The summed E-state index contributed by atoms with van der Waals surface area (Å²) in [6.45, 7) is 2.13. The molecule has 0 aliphatic heterocycles. The Morgan fingerprint density at radius 1 is 0.842 bits per heavy atom. The molecule has 7 heteroatoms. The van der Waals surface area contributed by atoms with Gasteiger partial charge in [-0.05, 0) is 61.2 Å². The number of methoxy groups -OCH3 is 2. The van der Waals surface area contributed by atoms with E-state index in [-0.39, 0.29) is 5.91 Å². The minimum atomic E-state index is 0.0484. The third-order valence-electron chi connectivity index (χ3n) is 6.51. The topological polar surface area (TPSA) is 74.6 Å². The lowest BCUT2D eigenvalue weighted by Gasteiger charge is -2.12. The predicted molar refractivity (Wildman–Crippen MR) is 150 cm³/mol. The van der Waals surface area contributed by atoms with Gasteiger partial charge in [0.15, 0.2) is 11.5 Å². The molecule has 0 spiro atoms. The van der Waals surface area contributed by atoms with Crippen LogP contribution in [0.15, 0.2) is 72.8 Å². The van der Waals surface area contributed by atoms with Crippen molar-refractivity contribution < 1.29 is 19.0 Å². The summed E-state index contributed by atoms with van der Waals surface area (Å²) in [6, 6.07) is 23.6. The fourth-order valence-electron chi connectivity index (χ4n) is 4.51. The van der Waals surface area contributed by atoms with Crippen molar-refractivity contribution >= 4 is 16.9 Å². The lowest BCUT2D eigenvalue weighted by Crippen LogP contribution is -2.26. The van der Waals surface area contributed by atoms with Gasteiger partial charge in [0.2, 0.25) is 5.91 Å². The number of rotatable bonds is 15. The van der Waals surface area contributed by atoms with Crippen LogP contribution >= 0.6 is 0 Å². The molecule has 0 atom stereocenters. The van der Waals surface area contributed by atoms with Crippen LogP contribution in [0.2, 0.25) is 0 Å². The highest BCUT2D eigenvalue weighted by Crippen LogP contribution is 2.26. The molecule has 7 nitrogen and oxygen atoms in total. The molecule has 38 heavy (non-hydrogen) atoms. The SMILES string of the molecule is COc1ccc(CC(=O)NCCCCCc2nc3ccccc3n2CCCOc2ccccc2OC)cc1. The minimum Gasteiger partial charge on any atom is -0.497 e. The van der Waals surface area contributed by atoms with Gasteiger partial charge in [-0.2, -0.15) is 0 Å². The Balaban J connectivity index is 1.21. The van der Waals surface area contributed by atoms with Crippen molar-refractivity contribution in [1.29, 1.82) is 0 Å².